The van der Waals surface area contributed by atoms with E-state index in [1.54, 1.807) is 0 Å². The number of nitrogens with one attached hydrogen (secondary N) is 1. The predicted molar refractivity (Wildman–Crippen MR) is 79.6 cm³/mol. The molecular formula is C15H29N3O2. The molecule has 2 amide bonds. The van der Waals surface area contributed by atoms with E-state index in [0.29, 0.717) is 19.7 Å². The second-order valence-corrected chi connectivity index (χ2v) is 6.19. The number of amides is 2. The third kappa shape index (κ3) is 3.85. The Hall–Kier alpha value is -0.810. The van der Waals surface area contributed by atoms with Crippen molar-refractivity contribution in [2.75, 3.05) is 32.8 Å². The largest absolute Gasteiger partial charge is 0.372 e. The van der Waals surface area contributed by atoms with Gasteiger partial charge in [-0.15, -0.1) is 0 Å². The number of hydrogen-bond donors (Lipinski definition) is 2. The lowest BCUT2D eigenvalue weighted by Crippen LogP contribution is -2.45. The molecule has 2 rings (SSSR count). The number of rotatable bonds is 7. The zero-order valence-corrected chi connectivity index (χ0v) is 12.7. The van der Waals surface area contributed by atoms with Crippen molar-refractivity contribution < 1.29 is 9.53 Å². The van der Waals surface area contributed by atoms with E-state index < -0.39 is 0 Å². The predicted octanol–water partition coefficient (Wildman–Crippen LogP) is 1.72. The molecule has 2 aliphatic rings. The van der Waals surface area contributed by atoms with Crippen molar-refractivity contribution in [3.63, 3.8) is 0 Å². The maximum absolute atomic E-state index is 11.5. The quantitative estimate of drug-likeness (QED) is 0.747. The van der Waals surface area contributed by atoms with E-state index in [1.165, 1.54) is 25.7 Å². The maximum Gasteiger partial charge on any atom is 0.317 e. The minimum Gasteiger partial charge on any atom is -0.372 e. The van der Waals surface area contributed by atoms with Gasteiger partial charge in [0.2, 0.25) is 0 Å². The first-order valence-electron chi connectivity index (χ1n) is 8.06. The lowest BCUT2D eigenvalue weighted by atomic mass is 9.77. The molecule has 5 nitrogen and oxygen atoms in total. The molecule has 1 saturated heterocycles. The van der Waals surface area contributed by atoms with Crippen LogP contribution in [-0.2, 0) is 4.74 Å². The fourth-order valence-electron chi connectivity index (χ4n) is 3.40. The highest BCUT2D eigenvalue weighted by molar-refractivity contribution is 5.76. The summed E-state index contributed by atoms with van der Waals surface area (Å²) in [7, 11) is 0. The van der Waals surface area contributed by atoms with Gasteiger partial charge in [-0.3, -0.25) is 0 Å². The number of carbonyl (C=O) groups excluding carboxylic acids is 1. The Morgan fingerprint density at radius 1 is 1.45 bits per heavy atom. The topological polar surface area (TPSA) is 67.6 Å². The summed E-state index contributed by atoms with van der Waals surface area (Å²) in [5.74, 6) is 0.854. The molecule has 1 aliphatic carbocycles. The molecule has 0 bridgehead atoms. The molecule has 1 heterocycles. The molecule has 0 aromatic rings. The van der Waals surface area contributed by atoms with Crippen LogP contribution in [0.5, 0.6) is 0 Å². The van der Waals surface area contributed by atoms with Gasteiger partial charge in [-0.2, -0.15) is 0 Å². The lowest BCUT2D eigenvalue weighted by molar-refractivity contribution is -0.0743. The van der Waals surface area contributed by atoms with Crippen molar-refractivity contribution in [2.45, 2.75) is 51.0 Å². The number of carbonyl (C=O) groups is 1. The average molecular weight is 283 g/mol. The van der Waals surface area contributed by atoms with Gasteiger partial charge in [-0.05, 0) is 31.6 Å². The Labute approximate surface area is 122 Å². The molecule has 0 aromatic heterocycles. The highest BCUT2D eigenvalue weighted by Crippen LogP contribution is 2.36. The maximum atomic E-state index is 11.5. The third-order valence-corrected chi connectivity index (χ3v) is 4.80. The molecule has 2 fully saturated rings. The van der Waals surface area contributed by atoms with E-state index in [2.05, 4.69) is 12.2 Å². The lowest BCUT2D eigenvalue weighted by Gasteiger charge is -2.39. The fourth-order valence-corrected chi connectivity index (χ4v) is 3.40. The van der Waals surface area contributed by atoms with Crippen LogP contribution in [0.2, 0.25) is 0 Å². The van der Waals surface area contributed by atoms with Crippen LogP contribution in [-0.4, -0.2) is 49.3 Å². The first-order valence-corrected chi connectivity index (χ1v) is 8.06. The van der Waals surface area contributed by atoms with Gasteiger partial charge in [-0.1, -0.05) is 19.8 Å². The van der Waals surface area contributed by atoms with Gasteiger partial charge in [0.25, 0.3) is 0 Å². The van der Waals surface area contributed by atoms with Gasteiger partial charge in [0.05, 0.1) is 12.2 Å². The van der Waals surface area contributed by atoms with Gasteiger partial charge >= 0.3 is 6.03 Å². The van der Waals surface area contributed by atoms with Crippen LogP contribution in [0, 0.1) is 5.92 Å². The van der Waals surface area contributed by atoms with Gasteiger partial charge in [-0.25, -0.2) is 4.79 Å². The summed E-state index contributed by atoms with van der Waals surface area (Å²) in [6.07, 6.45) is 7.20. The molecule has 5 heteroatoms. The second-order valence-electron chi connectivity index (χ2n) is 6.19. The monoisotopic (exact) mass is 283 g/mol. The van der Waals surface area contributed by atoms with Crippen molar-refractivity contribution >= 4 is 6.03 Å². The van der Waals surface area contributed by atoms with E-state index in [9.17, 15) is 4.79 Å². The summed E-state index contributed by atoms with van der Waals surface area (Å²) in [5, 5.41) is 2.81. The van der Waals surface area contributed by atoms with Crippen molar-refractivity contribution in [2.24, 2.45) is 11.7 Å². The fraction of sp³-hybridized carbons (Fsp3) is 0.933. The highest BCUT2D eigenvalue weighted by atomic mass is 16.5. The molecule has 20 heavy (non-hydrogen) atoms. The Kier molecular flexibility index (Phi) is 5.66. The molecule has 0 atom stereocenters. The highest BCUT2D eigenvalue weighted by Gasteiger charge is 2.35. The number of hydrogen-bond acceptors (Lipinski definition) is 3. The van der Waals surface area contributed by atoms with E-state index in [0.717, 1.165) is 31.8 Å². The van der Waals surface area contributed by atoms with Crippen LogP contribution in [0.3, 0.4) is 0 Å². The van der Waals surface area contributed by atoms with Crippen LogP contribution in [0.1, 0.15) is 45.4 Å². The molecule has 116 valence electrons. The Balaban J connectivity index is 1.73. The molecule has 0 unspecified atom stereocenters. The van der Waals surface area contributed by atoms with E-state index >= 15 is 0 Å². The van der Waals surface area contributed by atoms with Crippen LogP contribution in [0.4, 0.5) is 4.79 Å². The number of nitrogens with two attached hydrogens (primary N) is 1. The third-order valence-electron chi connectivity index (χ3n) is 4.80. The zero-order chi connectivity index (χ0) is 14.4. The molecule has 0 radical (unpaired) electrons. The summed E-state index contributed by atoms with van der Waals surface area (Å²) in [6, 6.07) is 0.0297. The number of ether oxygens (including phenoxy) is 1. The first kappa shape index (κ1) is 15.6. The molecule has 1 saturated carbocycles. The van der Waals surface area contributed by atoms with E-state index in [1.807, 2.05) is 4.90 Å². The van der Waals surface area contributed by atoms with Crippen molar-refractivity contribution in [3.05, 3.63) is 0 Å². The standard InChI is InChI=1S/C15H29N3O2/c1-2-3-13-4-6-15(12-16,7-5-13)20-11-10-18-9-8-17-14(18)19/h13H,2-12,16H2,1H3,(H,17,19). The first-order chi connectivity index (χ1) is 9.69. The summed E-state index contributed by atoms with van der Waals surface area (Å²) in [5.41, 5.74) is 5.82. The Morgan fingerprint density at radius 3 is 2.75 bits per heavy atom. The number of nitrogens with zero attached hydrogens (tertiary/aromatic N) is 1. The van der Waals surface area contributed by atoms with Crippen molar-refractivity contribution in [1.29, 1.82) is 0 Å². The van der Waals surface area contributed by atoms with Crippen molar-refractivity contribution in [1.82, 2.24) is 10.2 Å². The zero-order valence-electron chi connectivity index (χ0n) is 12.7. The Morgan fingerprint density at radius 2 is 2.20 bits per heavy atom. The Bertz CT molecular complexity index is 314. The van der Waals surface area contributed by atoms with E-state index in [-0.39, 0.29) is 11.6 Å². The average Bonchev–Trinajstić information content (AvgIpc) is 2.87. The van der Waals surface area contributed by atoms with Crippen LogP contribution < -0.4 is 11.1 Å². The smallest absolute Gasteiger partial charge is 0.317 e. The van der Waals surface area contributed by atoms with Gasteiger partial charge in [0.1, 0.15) is 0 Å². The second kappa shape index (κ2) is 7.27. The summed E-state index contributed by atoms with van der Waals surface area (Å²) in [6.45, 7) is 5.66. The summed E-state index contributed by atoms with van der Waals surface area (Å²) < 4.78 is 6.11. The minimum absolute atomic E-state index is 0.0297. The molecular weight excluding hydrogens is 254 g/mol. The molecule has 0 aromatic carbocycles. The molecule has 0 spiro atoms. The van der Waals surface area contributed by atoms with E-state index in [4.69, 9.17) is 10.5 Å². The molecule has 3 N–H and O–H groups in total. The normalized spacial score (nSPS) is 30.6. The van der Waals surface area contributed by atoms with Gasteiger partial charge in [0.15, 0.2) is 0 Å². The van der Waals surface area contributed by atoms with Gasteiger partial charge < -0.3 is 20.7 Å². The van der Waals surface area contributed by atoms with Crippen molar-refractivity contribution in [3.8, 4) is 0 Å². The molecule has 1 aliphatic heterocycles. The summed E-state index contributed by atoms with van der Waals surface area (Å²) >= 11 is 0. The van der Waals surface area contributed by atoms with Gasteiger partial charge in [0, 0.05) is 26.2 Å². The van der Waals surface area contributed by atoms with Crippen LogP contribution in [0.25, 0.3) is 0 Å². The SMILES string of the molecule is CCCC1CCC(CN)(OCCN2CCNC2=O)CC1. The summed E-state index contributed by atoms with van der Waals surface area (Å²) in [4.78, 5) is 13.3. The minimum atomic E-state index is -0.138. The van der Waals surface area contributed by atoms with Crippen LogP contribution >= 0.6 is 0 Å². The van der Waals surface area contributed by atoms with Crippen LogP contribution in [0.15, 0.2) is 0 Å². The number of urea groups is 1.